The molecule has 16 heavy (non-hydrogen) atoms. The largest absolute Gasteiger partial charge is 0.314 e. The zero-order valence-corrected chi connectivity index (χ0v) is 11.0. The SMILES string of the molecule is CCN1CCNCC1c1ccccc1Cl.Cl. The summed E-state index contributed by atoms with van der Waals surface area (Å²) in [5.41, 5.74) is 1.24. The third-order valence-electron chi connectivity index (χ3n) is 3.02. The van der Waals surface area contributed by atoms with E-state index in [-0.39, 0.29) is 12.4 Å². The molecule has 0 aromatic heterocycles. The average Bonchev–Trinajstić information content (AvgIpc) is 2.30. The Labute approximate surface area is 108 Å². The summed E-state index contributed by atoms with van der Waals surface area (Å²) in [4.78, 5) is 2.47. The van der Waals surface area contributed by atoms with Crippen molar-refractivity contribution in [2.24, 2.45) is 0 Å². The minimum Gasteiger partial charge on any atom is -0.314 e. The number of likely N-dealkylation sites (N-methyl/N-ethyl adjacent to an activating group) is 1. The van der Waals surface area contributed by atoms with Crippen LogP contribution in [0.5, 0.6) is 0 Å². The molecule has 1 fully saturated rings. The molecule has 0 saturated carbocycles. The number of benzene rings is 1. The number of hydrogen-bond donors (Lipinski definition) is 1. The number of halogens is 2. The molecule has 1 aromatic rings. The van der Waals surface area contributed by atoms with Gasteiger partial charge >= 0.3 is 0 Å². The Kier molecular flexibility index (Phi) is 5.56. The van der Waals surface area contributed by atoms with Crippen LogP contribution in [0.15, 0.2) is 24.3 Å². The van der Waals surface area contributed by atoms with Crippen LogP contribution in [0.4, 0.5) is 0 Å². The minimum absolute atomic E-state index is 0. The fourth-order valence-corrected chi connectivity index (χ4v) is 2.44. The fourth-order valence-electron chi connectivity index (χ4n) is 2.18. The lowest BCUT2D eigenvalue weighted by Crippen LogP contribution is -2.45. The van der Waals surface area contributed by atoms with Crippen molar-refractivity contribution < 1.29 is 0 Å². The summed E-state index contributed by atoms with van der Waals surface area (Å²) in [5.74, 6) is 0. The maximum absolute atomic E-state index is 6.23. The molecule has 1 unspecified atom stereocenters. The van der Waals surface area contributed by atoms with E-state index < -0.39 is 0 Å². The van der Waals surface area contributed by atoms with Gasteiger partial charge in [0.15, 0.2) is 0 Å². The molecular formula is C12H18Cl2N2. The smallest absolute Gasteiger partial charge is 0.0487 e. The van der Waals surface area contributed by atoms with Gasteiger partial charge < -0.3 is 5.32 Å². The summed E-state index contributed by atoms with van der Waals surface area (Å²) in [5, 5.41) is 4.30. The molecule has 0 spiro atoms. The Hall–Kier alpha value is -0.280. The average molecular weight is 261 g/mol. The lowest BCUT2D eigenvalue weighted by Gasteiger charge is -2.36. The molecule has 0 radical (unpaired) electrons. The maximum Gasteiger partial charge on any atom is 0.0487 e. The third-order valence-corrected chi connectivity index (χ3v) is 3.37. The van der Waals surface area contributed by atoms with Gasteiger partial charge in [-0.25, -0.2) is 0 Å². The Morgan fingerprint density at radius 2 is 2.19 bits per heavy atom. The van der Waals surface area contributed by atoms with Crippen LogP contribution in [0.2, 0.25) is 5.02 Å². The molecule has 1 aromatic carbocycles. The van der Waals surface area contributed by atoms with Crippen molar-refractivity contribution in [1.82, 2.24) is 10.2 Å². The topological polar surface area (TPSA) is 15.3 Å². The third kappa shape index (κ3) is 2.89. The molecule has 4 heteroatoms. The van der Waals surface area contributed by atoms with Gasteiger partial charge in [0.2, 0.25) is 0 Å². The highest BCUT2D eigenvalue weighted by Gasteiger charge is 2.23. The second kappa shape index (κ2) is 6.45. The Morgan fingerprint density at radius 1 is 1.44 bits per heavy atom. The summed E-state index contributed by atoms with van der Waals surface area (Å²) in [7, 11) is 0. The molecule has 0 aliphatic carbocycles. The summed E-state index contributed by atoms with van der Waals surface area (Å²) < 4.78 is 0. The van der Waals surface area contributed by atoms with Crippen LogP contribution in [0.3, 0.4) is 0 Å². The highest BCUT2D eigenvalue weighted by molar-refractivity contribution is 6.31. The lowest BCUT2D eigenvalue weighted by atomic mass is 10.0. The Morgan fingerprint density at radius 3 is 2.88 bits per heavy atom. The molecule has 2 rings (SSSR count). The van der Waals surface area contributed by atoms with E-state index in [2.05, 4.69) is 29.3 Å². The molecule has 2 nitrogen and oxygen atoms in total. The first-order valence-electron chi connectivity index (χ1n) is 5.52. The van der Waals surface area contributed by atoms with E-state index in [1.807, 2.05) is 12.1 Å². The molecule has 1 aliphatic heterocycles. The van der Waals surface area contributed by atoms with Crippen molar-refractivity contribution in [2.45, 2.75) is 13.0 Å². The molecule has 1 atom stereocenters. The maximum atomic E-state index is 6.23. The Bertz CT molecular complexity index is 331. The van der Waals surface area contributed by atoms with Crippen molar-refractivity contribution >= 4 is 24.0 Å². The van der Waals surface area contributed by atoms with E-state index in [1.54, 1.807) is 0 Å². The normalized spacial score (nSPS) is 21.5. The van der Waals surface area contributed by atoms with E-state index in [1.165, 1.54) is 5.56 Å². The van der Waals surface area contributed by atoms with E-state index in [4.69, 9.17) is 11.6 Å². The van der Waals surface area contributed by atoms with Crippen LogP contribution in [0.25, 0.3) is 0 Å². The number of hydrogen-bond acceptors (Lipinski definition) is 2. The van der Waals surface area contributed by atoms with Crippen LogP contribution in [0, 0.1) is 0 Å². The van der Waals surface area contributed by atoms with Gasteiger partial charge in [-0.15, -0.1) is 12.4 Å². The molecular weight excluding hydrogens is 243 g/mol. The van der Waals surface area contributed by atoms with Gasteiger partial charge in [-0.2, -0.15) is 0 Å². The number of nitrogens with one attached hydrogen (secondary N) is 1. The fraction of sp³-hybridized carbons (Fsp3) is 0.500. The van der Waals surface area contributed by atoms with Crippen molar-refractivity contribution in [3.8, 4) is 0 Å². The highest BCUT2D eigenvalue weighted by Crippen LogP contribution is 2.27. The van der Waals surface area contributed by atoms with Gasteiger partial charge in [0, 0.05) is 30.7 Å². The number of rotatable bonds is 2. The predicted octanol–water partition coefficient (Wildman–Crippen LogP) is 2.73. The monoisotopic (exact) mass is 260 g/mol. The van der Waals surface area contributed by atoms with Crippen LogP contribution >= 0.6 is 24.0 Å². The van der Waals surface area contributed by atoms with E-state index in [9.17, 15) is 0 Å². The quantitative estimate of drug-likeness (QED) is 0.880. The second-order valence-electron chi connectivity index (χ2n) is 3.87. The van der Waals surface area contributed by atoms with Crippen molar-refractivity contribution in [2.75, 3.05) is 26.2 Å². The predicted molar refractivity (Wildman–Crippen MR) is 71.6 cm³/mol. The van der Waals surface area contributed by atoms with Crippen molar-refractivity contribution in [3.05, 3.63) is 34.9 Å². The molecule has 1 saturated heterocycles. The Balaban J connectivity index is 0.00000128. The van der Waals surface area contributed by atoms with Gasteiger partial charge in [0.25, 0.3) is 0 Å². The zero-order valence-electron chi connectivity index (χ0n) is 9.45. The second-order valence-corrected chi connectivity index (χ2v) is 4.28. The van der Waals surface area contributed by atoms with Crippen molar-refractivity contribution in [1.29, 1.82) is 0 Å². The summed E-state index contributed by atoms with van der Waals surface area (Å²) in [6.07, 6.45) is 0. The minimum atomic E-state index is 0. The first-order valence-corrected chi connectivity index (χ1v) is 5.90. The van der Waals surface area contributed by atoms with Gasteiger partial charge in [-0.05, 0) is 18.2 Å². The molecule has 1 aliphatic rings. The van der Waals surface area contributed by atoms with E-state index in [0.29, 0.717) is 6.04 Å². The molecule has 90 valence electrons. The molecule has 1 N–H and O–H groups in total. The van der Waals surface area contributed by atoms with Gasteiger partial charge in [-0.3, -0.25) is 4.90 Å². The summed E-state index contributed by atoms with van der Waals surface area (Å²) in [6.45, 7) is 6.46. The summed E-state index contributed by atoms with van der Waals surface area (Å²) in [6, 6.07) is 8.57. The van der Waals surface area contributed by atoms with Crippen LogP contribution < -0.4 is 5.32 Å². The van der Waals surface area contributed by atoms with Gasteiger partial charge in [0.1, 0.15) is 0 Å². The number of nitrogens with zero attached hydrogens (tertiary/aromatic N) is 1. The van der Waals surface area contributed by atoms with E-state index in [0.717, 1.165) is 31.2 Å². The summed E-state index contributed by atoms with van der Waals surface area (Å²) >= 11 is 6.23. The van der Waals surface area contributed by atoms with Crippen LogP contribution in [-0.2, 0) is 0 Å². The van der Waals surface area contributed by atoms with E-state index >= 15 is 0 Å². The number of piperazine rings is 1. The first-order chi connectivity index (χ1) is 7.33. The van der Waals surface area contributed by atoms with Crippen LogP contribution in [-0.4, -0.2) is 31.1 Å². The van der Waals surface area contributed by atoms with Gasteiger partial charge in [-0.1, -0.05) is 36.7 Å². The first kappa shape index (κ1) is 13.8. The molecule has 0 amide bonds. The van der Waals surface area contributed by atoms with Crippen molar-refractivity contribution in [3.63, 3.8) is 0 Å². The molecule has 1 heterocycles. The highest BCUT2D eigenvalue weighted by atomic mass is 35.5. The lowest BCUT2D eigenvalue weighted by molar-refractivity contribution is 0.171. The van der Waals surface area contributed by atoms with Gasteiger partial charge in [0.05, 0.1) is 0 Å². The van der Waals surface area contributed by atoms with Crippen LogP contribution in [0.1, 0.15) is 18.5 Å². The standard InChI is InChI=1S/C12H17ClN2.ClH/c1-2-15-8-7-14-9-12(15)10-5-3-4-6-11(10)13;/h3-6,12,14H,2,7-9H2,1H3;1H. The molecule has 0 bridgehead atoms. The zero-order chi connectivity index (χ0) is 10.7.